The van der Waals surface area contributed by atoms with Crippen LogP contribution < -0.4 is 19.6 Å². The lowest BCUT2D eigenvalue weighted by molar-refractivity contribution is 0.945. The van der Waals surface area contributed by atoms with Gasteiger partial charge in [-0.05, 0) is 224 Å². The first-order valence-corrected chi connectivity index (χ1v) is 33.7. The molecule has 16 rings (SSSR count). The molecular formula is C94H70N4. The molecule has 0 N–H and O–H groups in total. The Labute approximate surface area is 575 Å². The molecule has 466 valence electrons. The van der Waals surface area contributed by atoms with E-state index in [1.54, 1.807) is 0 Å². The van der Waals surface area contributed by atoms with Crippen LogP contribution in [0.4, 0.5) is 68.2 Å². The van der Waals surface area contributed by atoms with Crippen molar-refractivity contribution in [3.8, 4) is 22.3 Å². The Kier molecular flexibility index (Phi) is 17.0. The monoisotopic (exact) mass is 1250 g/mol. The predicted molar refractivity (Wildman–Crippen MR) is 417 cm³/mol. The number of anilines is 12. The van der Waals surface area contributed by atoms with Crippen LogP contribution in [0.2, 0.25) is 0 Å². The van der Waals surface area contributed by atoms with Gasteiger partial charge in [0.05, 0.1) is 0 Å². The normalized spacial score (nSPS) is 13.1. The Hall–Kier alpha value is -12.8. The van der Waals surface area contributed by atoms with E-state index in [4.69, 9.17) is 0 Å². The molecular weight excluding hydrogens is 1190 g/mol. The fraction of sp³-hybridized carbons (Fsp3) is 0.0213. The standard InChI is InChI=1S/C94H70N4/c1-7-22-76(23-8-1)95(77-24-9-2-10-25-77)82-52-39-69(40-53-82)35-37-71-43-56-84(57-44-71)97(80-30-15-5-16-31-80)86-60-47-74(48-61-86)89-65-66-90(94-92(89)68-67-91-88-34-20-19-21-73(88)51-64-93(91)94)75-49-62-87(63-50-75)98(81-32-17-6-18-33-81)85-58-45-72(46-59-85)38-36-70-41-54-83(55-42-70)96(78-26-11-3-12-27-78)79-28-13-4-14-29-79/h1-63,65-68,88H,64H2. The molecule has 0 heterocycles. The number of nitrogens with zero attached hydrogens (tertiary/aromatic N) is 4. The molecule has 4 heteroatoms. The van der Waals surface area contributed by atoms with Crippen LogP contribution in [0.15, 0.2) is 388 Å². The summed E-state index contributed by atoms with van der Waals surface area (Å²) >= 11 is 0. The number of rotatable bonds is 18. The average molecular weight is 1260 g/mol. The SMILES string of the molecule is C1=CC2=CCc3c(ccc4c(-c5ccc(N(c6ccccc6)c6ccc(C=Cc7ccc(N(c8ccccc8)c8ccccc8)cc7)cc6)cc5)ccc(-c5ccc(N(c6ccccc6)c6ccc(C=Cc7ccc(N(c8ccccc8)c8ccccc8)cc7)cc6)cc5)c34)C2C=C1. The summed E-state index contributed by atoms with van der Waals surface area (Å²) < 4.78 is 0. The average Bonchev–Trinajstić information content (AvgIpc) is 0.736. The van der Waals surface area contributed by atoms with E-state index in [1.807, 2.05) is 0 Å². The van der Waals surface area contributed by atoms with Crippen LogP contribution in [0.3, 0.4) is 0 Å². The third-order valence-electron chi connectivity index (χ3n) is 18.8. The van der Waals surface area contributed by atoms with Crippen LogP contribution in [-0.2, 0) is 6.42 Å². The van der Waals surface area contributed by atoms with E-state index in [9.17, 15) is 0 Å². The molecule has 0 saturated carbocycles. The largest absolute Gasteiger partial charge is 0.311 e. The van der Waals surface area contributed by atoms with Crippen molar-refractivity contribution in [1.29, 1.82) is 0 Å². The molecule has 1 unspecified atom stereocenters. The molecule has 0 spiro atoms. The lowest BCUT2D eigenvalue weighted by Gasteiger charge is -2.28. The Morgan fingerprint density at radius 1 is 0.255 bits per heavy atom. The second-order valence-electron chi connectivity index (χ2n) is 24.8. The van der Waals surface area contributed by atoms with E-state index in [2.05, 4.69) is 426 Å². The molecule has 0 saturated heterocycles. The first-order chi connectivity index (χ1) is 48.6. The molecule has 98 heavy (non-hydrogen) atoms. The maximum Gasteiger partial charge on any atom is 0.0462 e. The van der Waals surface area contributed by atoms with Crippen molar-refractivity contribution in [3.05, 3.63) is 421 Å². The highest BCUT2D eigenvalue weighted by Gasteiger charge is 2.26. The molecule has 0 radical (unpaired) electrons. The van der Waals surface area contributed by atoms with Crippen molar-refractivity contribution < 1.29 is 0 Å². The fourth-order valence-corrected chi connectivity index (χ4v) is 13.9. The molecule has 1 atom stereocenters. The van der Waals surface area contributed by atoms with Crippen molar-refractivity contribution in [2.24, 2.45) is 0 Å². The summed E-state index contributed by atoms with van der Waals surface area (Å²) in [6.07, 6.45) is 21.1. The zero-order chi connectivity index (χ0) is 65.4. The van der Waals surface area contributed by atoms with Crippen LogP contribution in [0.1, 0.15) is 39.3 Å². The van der Waals surface area contributed by atoms with E-state index >= 15 is 0 Å². The van der Waals surface area contributed by atoms with Crippen LogP contribution in [0.25, 0.3) is 57.3 Å². The predicted octanol–water partition coefficient (Wildman–Crippen LogP) is 26.1. The minimum absolute atomic E-state index is 0.222. The Balaban J connectivity index is 0.670. The molecule has 4 nitrogen and oxygen atoms in total. The second kappa shape index (κ2) is 27.7. The van der Waals surface area contributed by atoms with Gasteiger partial charge in [0, 0.05) is 74.2 Å². The molecule has 0 aliphatic heterocycles. The van der Waals surface area contributed by atoms with Gasteiger partial charge in [-0.2, -0.15) is 0 Å². The van der Waals surface area contributed by atoms with Gasteiger partial charge in [-0.25, -0.2) is 0 Å². The molecule has 14 aromatic rings. The summed E-state index contributed by atoms with van der Waals surface area (Å²) in [4.78, 5) is 9.27. The third-order valence-corrected chi connectivity index (χ3v) is 18.8. The first kappa shape index (κ1) is 60.2. The number of para-hydroxylation sites is 6. The minimum atomic E-state index is 0.222. The molecule has 0 fully saturated rings. The summed E-state index contributed by atoms with van der Waals surface area (Å²) in [5.41, 5.74) is 26.7. The van der Waals surface area contributed by atoms with E-state index < -0.39 is 0 Å². The highest BCUT2D eigenvalue weighted by Crippen LogP contribution is 2.47. The van der Waals surface area contributed by atoms with Gasteiger partial charge in [0.1, 0.15) is 0 Å². The summed E-state index contributed by atoms with van der Waals surface area (Å²) in [7, 11) is 0. The van der Waals surface area contributed by atoms with Gasteiger partial charge in [-0.3, -0.25) is 0 Å². The summed E-state index contributed by atoms with van der Waals surface area (Å²) in [6, 6.07) is 127. The van der Waals surface area contributed by atoms with Crippen molar-refractivity contribution in [2.75, 3.05) is 19.6 Å². The zero-order valence-electron chi connectivity index (χ0n) is 54.3. The molecule has 0 bridgehead atoms. The van der Waals surface area contributed by atoms with Crippen molar-refractivity contribution in [2.45, 2.75) is 12.3 Å². The molecule has 0 amide bonds. The second-order valence-corrected chi connectivity index (χ2v) is 24.8. The topological polar surface area (TPSA) is 13.0 Å². The van der Waals surface area contributed by atoms with Gasteiger partial charge in [0.25, 0.3) is 0 Å². The third kappa shape index (κ3) is 12.6. The first-order valence-electron chi connectivity index (χ1n) is 33.7. The van der Waals surface area contributed by atoms with E-state index in [0.29, 0.717) is 0 Å². The zero-order valence-corrected chi connectivity index (χ0v) is 54.3. The van der Waals surface area contributed by atoms with Gasteiger partial charge in [0.2, 0.25) is 0 Å². The van der Waals surface area contributed by atoms with Crippen LogP contribution in [0.5, 0.6) is 0 Å². The van der Waals surface area contributed by atoms with E-state index in [-0.39, 0.29) is 5.92 Å². The smallest absolute Gasteiger partial charge is 0.0462 e. The van der Waals surface area contributed by atoms with Crippen molar-refractivity contribution in [3.63, 3.8) is 0 Å². The van der Waals surface area contributed by atoms with Gasteiger partial charge in [-0.1, -0.05) is 261 Å². The maximum absolute atomic E-state index is 2.44. The number of allylic oxidation sites excluding steroid dienone is 6. The number of hydrogen-bond acceptors (Lipinski definition) is 4. The van der Waals surface area contributed by atoms with E-state index in [1.165, 1.54) is 49.7 Å². The lowest BCUT2D eigenvalue weighted by Crippen LogP contribution is -2.11. The van der Waals surface area contributed by atoms with Gasteiger partial charge < -0.3 is 19.6 Å². The number of hydrogen-bond donors (Lipinski definition) is 0. The highest BCUT2D eigenvalue weighted by molar-refractivity contribution is 6.08. The molecule has 2 aliphatic carbocycles. The minimum Gasteiger partial charge on any atom is -0.311 e. The lowest BCUT2D eigenvalue weighted by atomic mass is 9.76. The van der Waals surface area contributed by atoms with Crippen LogP contribution >= 0.6 is 0 Å². The van der Waals surface area contributed by atoms with E-state index in [0.717, 1.165) is 96.9 Å². The molecule has 14 aromatic carbocycles. The Morgan fingerprint density at radius 3 is 0.867 bits per heavy atom. The van der Waals surface area contributed by atoms with Crippen molar-refractivity contribution in [1.82, 2.24) is 0 Å². The molecule has 2 aliphatic rings. The molecule has 0 aromatic heterocycles. The highest BCUT2D eigenvalue weighted by atomic mass is 15.2. The van der Waals surface area contributed by atoms with Crippen molar-refractivity contribution >= 4 is 103 Å². The summed E-state index contributed by atoms with van der Waals surface area (Å²) in [6.45, 7) is 0. The summed E-state index contributed by atoms with van der Waals surface area (Å²) in [5.74, 6) is 0.222. The quantitative estimate of drug-likeness (QED) is 0.0794. The van der Waals surface area contributed by atoms with Crippen LogP contribution in [-0.4, -0.2) is 0 Å². The Morgan fingerprint density at radius 2 is 0.541 bits per heavy atom. The van der Waals surface area contributed by atoms with Gasteiger partial charge >= 0.3 is 0 Å². The maximum atomic E-state index is 2.44. The van der Waals surface area contributed by atoms with Gasteiger partial charge in [0.15, 0.2) is 0 Å². The number of fused-ring (bicyclic) bond motifs is 5. The van der Waals surface area contributed by atoms with Gasteiger partial charge in [-0.15, -0.1) is 0 Å². The van der Waals surface area contributed by atoms with Crippen LogP contribution in [0, 0.1) is 0 Å². The number of benzene rings is 14. The Bertz CT molecular complexity index is 5130. The summed E-state index contributed by atoms with van der Waals surface area (Å²) in [5, 5.41) is 2.56. The fourth-order valence-electron chi connectivity index (χ4n) is 13.9.